The van der Waals surface area contributed by atoms with Crippen molar-refractivity contribution in [3.8, 4) is 0 Å². The highest BCUT2D eigenvalue weighted by Crippen LogP contribution is 2.19. The van der Waals surface area contributed by atoms with Gasteiger partial charge in [0, 0.05) is 17.7 Å². The summed E-state index contributed by atoms with van der Waals surface area (Å²) in [7, 11) is 3.94. The number of quaternary nitrogens is 2. The zero-order chi connectivity index (χ0) is 16.9. The lowest BCUT2D eigenvalue weighted by Crippen LogP contribution is -3.27. The molecular weight excluding hydrogens is 328 g/mol. The number of piperazine rings is 1. The molecule has 0 spiro atoms. The Bertz CT molecular complexity index is 638. The topological polar surface area (TPSA) is 61.7 Å². The van der Waals surface area contributed by atoms with Gasteiger partial charge in [-0.05, 0) is 22.6 Å². The van der Waals surface area contributed by atoms with Crippen LogP contribution in [0.25, 0.3) is 0 Å². The van der Waals surface area contributed by atoms with E-state index in [-0.39, 0.29) is 6.04 Å². The molecule has 1 fully saturated rings. The first-order valence-corrected chi connectivity index (χ1v) is 8.73. The Hall–Kier alpha value is -1.54. The number of methoxy groups -OCH3 is 1. The van der Waals surface area contributed by atoms with E-state index in [1.165, 1.54) is 10.5 Å². The van der Waals surface area contributed by atoms with Crippen LogP contribution >= 0.6 is 11.6 Å². The normalized spacial score (nSPS) is 22.5. The Kier molecular flexibility index (Phi) is 5.78. The Morgan fingerprint density at radius 2 is 1.92 bits per heavy atom. The van der Waals surface area contributed by atoms with Gasteiger partial charge in [0.05, 0.1) is 20.2 Å². The summed E-state index contributed by atoms with van der Waals surface area (Å²) in [4.78, 5) is 3.07. The van der Waals surface area contributed by atoms with Crippen molar-refractivity contribution in [2.24, 2.45) is 0 Å². The lowest BCUT2D eigenvalue weighted by atomic mass is 10.0. The summed E-state index contributed by atoms with van der Waals surface area (Å²) >= 11 is 6.07. The van der Waals surface area contributed by atoms with E-state index in [1.807, 2.05) is 16.8 Å². The van der Waals surface area contributed by atoms with E-state index >= 15 is 0 Å². The molecule has 7 nitrogen and oxygen atoms in total. The zero-order valence-electron chi connectivity index (χ0n) is 14.2. The van der Waals surface area contributed by atoms with Gasteiger partial charge in [0.1, 0.15) is 26.2 Å². The van der Waals surface area contributed by atoms with Gasteiger partial charge in [-0.25, -0.2) is 4.68 Å². The molecule has 1 aromatic heterocycles. The van der Waals surface area contributed by atoms with Gasteiger partial charge >= 0.3 is 0 Å². The molecule has 1 aliphatic rings. The van der Waals surface area contributed by atoms with Crippen LogP contribution in [0.2, 0.25) is 5.02 Å². The summed E-state index contributed by atoms with van der Waals surface area (Å²) in [5, 5.41) is 13.2. The fourth-order valence-corrected chi connectivity index (χ4v) is 3.39. The standard InChI is InChI=1S/C16H23ClN6O/c1-21-7-9-22(10-8-21)15(13-3-5-14(17)6-4-13)16-18-19-20-23(16)11-12-24-2/h3-6,15H,7-12H2,1-2H3/p+2/t15-/m0/s1. The SMILES string of the molecule is COCCn1nnnc1[C@H](c1ccc(Cl)cc1)[NH+]1CC[NH+](C)CC1. The lowest BCUT2D eigenvalue weighted by Gasteiger charge is -2.32. The molecule has 0 aliphatic carbocycles. The van der Waals surface area contributed by atoms with E-state index in [1.54, 1.807) is 12.0 Å². The van der Waals surface area contributed by atoms with Crippen molar-refractivity contribution in [1.29, 1.82) is 0 Å². The summed E-state index contributed by atoms with van der Waals surface area (Å²) in [5.74, 6) is 0.893. The minimum atomic E-state index is 0.113. The molecule has 3 rings (SSSR count). The largest absolute Gasteiger partial charge is 0.383 e. The number of aromatic nitrogens is 4. The number of nitrogens with zero attached hydrogens (tertiary/aromatic N) is 4. The number of hydrogen-bond acceptors (Lipinski definition) is 4. The minimum absolute atomic E-state index is 0.113. The number of tetrazole rings is 1. The third kappa shape index (κ3) is 3.92. The first-order valence-electron chi connectivity index (χ1n) is 8.35. The van der Waals surface area contributed by atoms with E-state index in [0.29, 0.717) is 13.2 Å². The molecule has 0 unspecified atom stereocenters. The van der Waals surface area contributed by atoms with Crippen molar-refractivity contribution in [2.75, 3.05) is 46.9 Å². The molecule has 130 valence electrons. The lowest BCUT2D eigenvalue weighted by molar-refractivity contribution is -1.02. The molecule has 24 heavy (non-hydrogen) atoms. The summed E-state index contributed by atoms with van der Waals surface area (Å²) in [6.45, 7) is 5.74. The van der Waals surface area contributed by atoms with Crippen LogP contribution in [0.5, 0.6) is 0 Å². The highest BCUT2D eigenvalue weighted by molar-refractivity contribution is 6.30. The number of likely N-dealkylation sites (N-methyl/N-ethyl adjacent to an activating group) is 1. The quantitative estimate of drug-likeness (QED) is 0.662. The van der Waals surface area contributed by atoms with Crippen LogP contribution in [-0.4, -0.2) is 67.2 Å². The average Bonchev–Trinajstić information content (AvgIpc) is 3.05. The van der Waals surface area contributed by atoms with E-state index in [0.717, 1.165) is 37.0 Å². The second-order valence-electron chi connectivity index (χ2n) is 6.35. The predicted molar refractivity (Wildman–Crippen MR) is 90.3 cm³/mol. The number of hydrogen-bond donors (Lipinski definition) is 2. The van der Waals surface area contributed by atoms with Crippen molar-refractivity contribution in [3.63, 3.8) is 0 Å². The molecule has 2 heterocycles. The predicted octanol–water partition coefficient (Wildman–Crippen LogP) is -1.52. The maximum absolute atomic E-state index is 6.07. The third-order valence-electron chi connectivity index (χ3n) is 4.68. The van der Waals surface area contributed by atoms with Crippen molar-refractivity contribution < 1.29 is 14.5 Å². The van der Waals surface area contributed by atoms with Gasteiger partial charge in [-0.2, -0.15) is 0 Å². The molecule has 8 heteroatoms. The summed E-state index contributed by atoms with van der Waals surface area (Å²) in [6.07, 6.45) is 0. The third-order valence-corrected chi connectivity index (χ3v) is 4.93. The zero-order valence-corrected chi connectivity index (χ0v) is 15.0. The second kappa shape index (κ2) is 8.02. The smallest absolute Gasteiger partial charge is 0.214 e. The Morgan fingerprint density at radius 1 is 1.21 bits per heavy atom. The van der Waals surface area contributed by atoms with Gasteiger partial charge < -0.3 is 14.5 Å². The van der Waals surface area contributed by atoms with Crippen LogP contribution in [0.4, 0.5) is 0 Å². The molecule has 1 saturated heterocycles. The number of nitrogens with one attached hydrogen (secondary N) is 2. The monoisotopic (exact) mass is 352 g/mol. The van der Waals surface area contributed by atoms with Crippen LogP contribution in [0, 0.1) is 0 Å². The molecule has 0 bridgehead atoms. The van der Waals surface area contributed by atoms with Crippen molar-refractivity contribution in [3.05, 3.63) is 40.7 Å². The minimum Gasteiger partial charge on any atom is -0.383 e. The second-order valence-corrected chi connectivity index (χ2v) is 6.79. The number of ether oxygens (including phenoxy) is 1. The van der Waals surface area contributed by atoms with Gasteiger partial charge in [0.15, 0.2) is 6.04 Å². The van der Waals surface area contributed by atoms with E-state index < -0.39 is 0 Å². The Balaban J connectivity index is 1.92. The number of benzene rings is 1. The molecule has 0 radical (unpaired) electrons. The average molecular weight is 353 g/mol. The van der Waals surface area contributed by atoms with Crippen molar-refractivity contribution >= 4 is 11.6 Å². The van der Waals surface area contributed by atoms with E-state index in [9.17, 15) is 0 Å². The van der Waals surface area contributed by atoms with Crippen LogP contribution in [-0.2, 0) is 11.3 Å². The van der Waals surface area contributed by atoms with E-state index in [4.69, 9.17) is 16.3 Å². The van der Waals surface area contributed by atoms with Crippen LogP contribution in [0.3, 0.4) is 0 Å². The molecular formula is C16H25ClN6O+2. The van der Waals surface area contributed by atoms with Gasteiger partial charge in [-0.3, -0.25) is 0 Å². The van der Waals surface area contributed by atoms with Crippen molar-refractivity contribution in [2.45, 2.75) is 12.6 Å². The van der Waals surface area contributed by atoms with Gasteiger partial charge in [-0.15, -0.1) is 5.10 Å². The van der Waals surface area contributed by atoms with Crippen molar-refractivity contribution in [1.82, 2.24) is 20.2 Å². The maximum atomic E-state index is 6.07. The van der Waals surface area contributed by atoms with Crippen LogP contribution < -0.4 is 9.80 Å². The van der Waals surface area contributed by atoms with Crippen LogP contribution in [0.15, 0.2) is 24.3 Å². The molecule has 1 aliphatic heterocycles. The Morgan fingerprint density at radius 3 is 2.58 bits per heavy atom. The molecule has 0 saturated carbocycles. The molecule has 2 aromatic rings. The van der Waals surface area contributed by atoms with Gasteiger partial charge in [-0.1, -0.05) is 23.7 Å². The molecule has 0 amide bonds. The van der Waals surface area contributed by atoms with E-state index in [2.05, 4.69) is 34.7 Å². The fourth-order valence-electron chi connectivity index (χ4n) is 3.26. The first-order chi connectivity index (χ1) is 11.7. The first kappa shape index (κ1) is 17.3. The number of rotatable bonds is 6. The highest BCUT2D eigenvalue weighted by atomic mass is 35.5. The van der Waals surface area contributed by atoms with Gasteiger partial charge in [0.25, 0.3) is 0 Å². The molecule has 1 aromatic carbocycles. The maximum Gasteiger partial charge on any atom is 0.214 e. The summed E-state index contributed by atoms with van der Waals surface area (Å²) in [6, 6.07) is 8.16. The highest BCUT2D eigenvalue weighted by Gasteiger charge is 2.34. The van der Waals surface area contributed by atoms with Gasteiger partial charge in [0.2, 0.25) is 5.82 Å². The number of halogens is 1. The van der Waals surface area contributed by atoms with Crippen LogP contribution in [0.1, 0.15) is 17.4 Å². The Labute approximate surface area is 147 Å². The fraction of sp³-hybridized carbons (Fsp3) is 0.562. The molecule has 2 N–H and O–H groups in total. The molecule has 1 atom stereocenters. The summed E-state index contributed by atoms with van der Waals surface area (Å²) in [5.41, 5.74) is 1.20. The summed E-state index contributed by atoms with van der Waals surface area (Å²) < 4.78 is 7.05.